The first kappa shape index (κ1) is 28.7. The van der Waals surface area contributed by atoms with Gasteiger partial charge in [0.25, 0.3) is 0 Å². The van der Waals surface area contributed by atoms with Gasteiger partial charge in [-0.05, 0) is 55.5 Å². The van der Waals surface area contributed by atoms with Crippen LogP contribution in [0.15, 0.2) is 24.3 Å². The van der Waals surface area contributed by atoms with Crippen LogP contribution in [-0.4, -0.2) is 54.5 Å². The number of hydrogen-bond donors (Lipinski definition) is 1. The van der Waals surface area contributed by atoms with Crippen molar-refractivity contribution in [1.82, 2.24) is 0 Å². The molecule has 1 N–H and O–H groups in total. The van der Waals surface area contributed by atoms with Gasteiger partial charge in [0.05, 0.1) is 14.1 Å². The third-order valence-corrected chi connectivity index (χ3v) is 8.22. The maximum atomic E-state index is 13.2. The molecule has 6 nitrogen and oxygen atoms in total. The predicted octanol–water partition coefficient (Wildman–Crippen LogP) is 5.77. The molecule has 0 aliphatic heterocycles. The number of carboxylic acid groups (broad SMARTS) is 1. The number of carbonyl (C=O) groups is 3. The lowest BCUT2D eigenvalue weighted by atomic mass is 9.74. The number of carbonyl (C=O) groups excluding carboxylic acids is 2. The molecule has 0 unspecified atom stereocenters. The second kappa shape index (κ2) is 10.6. The number of Topliss-reactive ketones (excluding diaryl/α,β-unsaturated/α-hetero) is 1. The fourth-order valence-electron chi connectivity index (χ4n) is 4.23. The highest BCUT2D eigenvalue weighted by Gasteiger charge is 2.38. The molecule has 0 saturated heterocycles. The zero-order valence-corrected chi connectivity index (χ0v) is 23.4. The molecule has 35 heavy (non-hydrogen) atoms. The summed E-state index contributed by atoms with van der Waals surface area (Å²) in [5.74, 6) is -0.451. The van der Waals surface area contributed by atoms with Gasteiger partial charge in [0.15, 0.2) is 12.3 Å². The fraction of sp³-hybridized carbons (Fsp3) is 0.536. The van der Waals surface area contributed by atoms with Crippen LogP contribution in [0.5, 0.6) is 5.75 Å². The highest BCUT2D eigenvalue weighted by molar-refractivity contribution is 7.14. The van der Waals surface area contributed by atoms with Crippen LogP contribution in [0.25, 0.3) is 0 Å². The van der Waals surface area contributed by atoms with Crippen molar-refractivity contribution in [2.45, 2.75) is 66.7 Å². The number of ether oxygens (including phenoxy) is 1. The highest BCUT2D eigenvalue weighted by Crippen LogP contribution is 2.44. The topological polar surface area (TPSA) is 80.7 Å². The van der Waals surface area contributed by atoms with E-state index in [9.17, 15) is 19.5 Å². The zero-order valence-electron chi connectivity index (χ0n) is 22.6. The lowest BCUT2D eigenvalue weighted by molar-refractivity contribution is -0.799. The lowest BCUT2D eigenvalue weighted by Gasteiger charge is -2.32. The van der Waals surface area contributed by atoms with Crippen LogP contribution in [0.1, 0.15) is 78.7 Å². The Hall–Kier alpha value is -2.51. The molecule has 0 saturated carbocycles. The van der Waals surface area contributed by atoms with Crippen LogP contribution < -0.4 is 4.74 Å². The van der Waals surface area contributed by atoms with Crippen molar-refractivity contribution in [1.29, 1.82) is 0 Å². The lowest BCUT2D eigenvalue weighted by Crippen LogP contribution is -2.48. The molecule has 0 atom stereocenters. The van der Waals surface area contributed by atoms with Crippen molar-refractivity contribution in [3.05, 3.63) is 50.7 Å². The fourth-order valence-corrected chi connectivity index (χ4v) is 5.84. The molecule has 1 heterocycles. The van der Waals surface area contributed by atoms with E-state index in [1.165, 1.54) is 11.3 Å². The number of hydrogen-bond acceptors (Lipinski definition) is 5. The number of carboxylic acids is 1. The Morgan fingerprint density at radius 1 is 1.00 bits per heavy atom. The molecule has 0 radical (unpaired) electrons. The highest BCUT2D eigenvalue weighted by atomic mass is 32.1. The van der Waals surface area contributed by atoms with Crippen LogP contribution in [0.3, 0.4) is 0 Å². The van der Waals surface area contributed by atoms with E-state index < -0.39 is 11.4 Å². The molecule has 1 amide bonds. The Balaban J connectivity index is 2.44. The minimum atomic E-state index is -1.00. The number of thiophene rings is 1. The first-order valence-electron chi connectivity index (χ1n) is 12.1. The van der Waals surface area contributed by atoms with E-state index in [0.29, 0.717) is 10.6 Å². The average Bonchev–Trinajstić information content (AvgIpc) is 3.13. The molecule has 0 spiro atoms. The largest absolute Gasteiger partial charge is 0.486 e. The van der Waals surface area contributed by atoms with Gasteiger partial charge < -0.3 is 9.84 Å². The summed E-state index contributed by atoms with van der Waals surface area (Å²) in [6.45, 7) is 13.6. The predicted molar refractivity (Wildman–Crippen MR) is 140 cm³/mol. The number of rotatable bonds is 10. The van der Waals surface area contributed by atoms with E-state index in [-0.39, 0.29) is 34.7 Å². The number of benzene rings is 1. The number of amides is 1. The van der Waals surface area contributed by atoms with Crippen molar-refractivity contribution in [2.24, 2.45) is 5.41 Å². The first-order valence-corrected chi connectivity index (χ1v) is 12.9. The molecular formula is C28H40NO5S+. The van der Waals surface area contributed by atoms with Crippen LogP contribution in [-0.2, 0) is 15.0 Å². The third kappa shape index (κ3) is 6.19. The number of ketones is 1. The summed E-state index contributed by atoms with van der Waals surface area (Å²) in [4.78, 5) is 38.5. The Morgan fingerprint density at radius 3 is 2.09 bits per heavy atom. The van der Waals surface area contributed by atoms with E-state index in [1.54, 1.807) is 14.1 Å². The number of aryl methyl sites for hydroxylation is 2. The molecule has 0 aliphatic carbocycles. The van der Waals surface area contributed by atoms with Crippen molar-refractivity contribution >= 4 is 29.0 Å². The van der Waals surface area contributed by atoms with Gasteiger partial charge in [0.2, 0.25) is 0 Å². The Morgan fingerprint density at radius 2 is 1.60 bits per heavy atom. The van der Waals surface area contributed by atoms with Gasteiger partial charge in [-0.15, -0.1) is 11.3 Å². The molecule has 1 aromatic carbocycles. The number of nitrogens with zero attached hydrogens (tertiary/aromatic N) is 1. The van der Waals surface area contributed by atoms with E-state index in [1.807, 2.05) is 40.7 Å². The zero-order chi connectivity index (χ0) is 26.8. The second-order valence-corrected chi connectivity index (χ2v) is 11.9. The van der Waals surface area contributed by atoms with E-state index in [4.69, 9.17) is 4.74 Å². The summed E-state index contributed by atoms with van der Waals surface area (Å²) < 4.78 is 5.61. The van der Waals surface area contributed by atoms with Gasteiger partial charge in [-0.25, -0.2) is 9.59 Å². The van der Waals surface area contributed by atoms with Crippen molar-refractivity contribution in [2.75, 3.05) is 27.2 Å². The normalized spacial score (nSPS) is 12.5. The van der Waals surface area contributed by atoms with Gasteiger partial charge >= 0.3 is 11.9 Å². The first-order chi connectivity index (χ1) is 16.1. The van der Waals surface area contributed by atoms with Crippen LogP contribution >= 0.6 is 11.3 Å². The van der Waals surface area contributed by atoms with Crippen molar-refractivity contribution in [3.8, 4) is 5.75 Å². The van der Waals surface area contributed by atoms with Crippen molar-refractivity contribution in [3.63, 3.8) is 0 Å². The van der Waals surface area contributed by atoms with Gasteiger partial charge in [-0.3, -0.25) is 9.28 Å². The molecule has 0 aliphatic rings. The van der Waals surface area contributed by atoms with Crippen molar-refractivity contribution < 1.29 is 28.7 Å². The molecule has 0 bridgehead atoms. The summed E-state index contributed by atoms with van der Waals surface area (Å²) in [5.41, 5.74) is 2.23. The minimum absolute atomic E-state index is 0.0380. The molecule has 7 heteroatoms. The number of likely N-dealkylation sites (N-methyl/N-ethyl adjacent to an activating group) is 1. The summed E-state index contributed by atoms with van der Waals surface area (Å²) in [7, 11) is 3.27. The van der Waals surface area contributed by atoms with E-state index >= 15 is 0 Å². The smallest absolute Gasteiger partial charge is 0.359 e. The molecule has 2 aromatic rings. The van der Waals surface area contributed by atoms with Crippen LogP contribution in [0.4, 0.5) is 0 Å². The molecule has 2 rings (SSSR count). The molecular weight excluding hydrogens is 462 g/mol. The number of quaternary nitrogens is 1. The van der Waals surface area contributed by atoms with Crippen LogP contribution in [0, 0.1) is 19.3 Å². The molecule has 192 valence electrons. The minimum Gasteiger partial charge on any atom is -0.486 e. The maximum absolute atomic E-state index is 13.2. The Kier molecular flexibility index (Phi) is 8.72. The second-order valence-electron chi connectivity index (χ2n) is 10.9. The maximum Gasteiger partial charge on any atom is 0.359 e. The van der Waals surface area contributed by atoms with Gasteiger partial charge in [0, 0.05) is 15.7 Å². The molecule has 0 fully saturated rings. The standard InChI is InChI=1S/C28H39NO5S/c1-10-28(11-2,20-12-13-21(18(3)14-20)34-17-22(30)27(5,6)7)23-15-19(4)25(35-23)26(33)29(8,9)16-24(31)32/h12-15H,10-11,16-17H2,1-9H3/p+1. The van der Waals surface area contributed by atoms with Gasteiger partial charge in [0.1, 0.15) is 17.2 Å². The Labute approximate surface area is 213 Å². The molecule has 1 aromatic heterocycles. The monoisotopic (exact) mass is 502 g/mol. The van der Waals surface area contributed by atoms with Gasteiger partial charge in [-0.2, -0.15) is 0 Å². The van der Waals surface area contributed by atoms with Gasteiger partial charge in [-0.1, -0.05) is 46.8 Å². The number of aliphatic carboxylic acids is 1. The SMILES string of the molecule is CCC(CC)(c1ccc(OCC(=O)C(C)(C)C)c(C)c1)c1cc(C)c(C(=O)[N+](C)(C)CC(=O)O)s1. The Bertz CT molecular complexity index is 1100. The van der Waals surface area contributed by atoms with Crippen LogP contribution in [0.2, 0.25) is 0 Å². The quantitative estimate of drug-likeness (QED) is 0.418. The van der Waals surface area contributed by atoms with E-state index in [2.05, 4.69) is 32.0 Å². The summed E-state index contributed by atoms with van der Waals surface area (Å²) in [6, 6.07) is 8.18. The summed E-state index contributed by atoms with van der Waals surface area (Å²) in [5, 5.41) is 9.24. The van der Waals surface area contributed by atoms with E-state index in [0.717, 1.165) is 34.4 Å². The summed E-state index contributed by atoms with van der Waals surface area (Å²) in [6.07, 6.45) is 1.68. The average molecular weight is 503 g/mol. The summed E-state index contributed by atoms with van der Waals surface area (Å²) >= 11 is 1.47. The third-order valence-electron chi connectivity index (χ3n) is 6.79.